The molecule has 0 radical (unpaired) electrons. The zero-order valence-electron chi connectivity index (χ0n) is 9.87. The second kappa shape index (κ2) is 6.58. The number of hydrogen-bond donors (Lipinski definition) is 1. The van der Waals surface area contributed by atoms with Gasteiger partial charge >= 0.3 is 6.18 Å². The van der Waals surface area contributed by atoms with Crippen LogP contribution < -0.4 is 4.72 Å². The SMILES string of the molecule is O=S(=O)(NCCC(F)(F)F)c1ccc(CCCl)cc1. The molecule has 108 valence electrons. The molecule has 0 aliphatic heterocycles. The summed E-state index contributed by atoms with van der Waals surface area (Å²) in [6.45, 7) is -0.671. The fourth-order valence-electron chi connectivity index (χ4n) is 1.35. The molecule has 0 heterocycles. The minimum atomic E-state index is -4.38. The van der Waals surface area contributed by atoms with E-state index in [0.29, 0.717) is 12.3 Å². The van der Waals surface area contributed by atoms with Crippen molar-refractivity contribution < 1.29 is 21.6 Å². The average molecular weight is 316 g/mol. The molecule has 0 atom stereocenters. The van der Waals surface area contributed by atoms with Gasteiger partial charge in [-0.1, -0.05) is 12.1 Å². The fraction of sp³-hybridized carbons (Fsp3) is 0.455. The molecule has 19 heavy (non-hydrogen) atoms. The first-order valence-electron chi connectivity index (χ1n) is 5.46. The van der Waals surface area contributed by atoms with Gasteiger partial charge < -0.3 is 0 Å². The van der Waals surface area contributed by atoms with Crippen molar-refractivity contribution in [3.63, 3.8) is 0 Å². The number of aryl methyl sites for hydroxylation is 1. The van der Waals surface area contributed by atoms with Gasteiger partial charge in [0.1, 0.15) is 0 Å². The van der Waals surface area contributed by atoms with Crippen LogP contribution in [0.3, 0.4) is 0 Å². The Balaban J connectivity index is 2.67. The van der Waals surface area contributed by atoms with E-state index in [4.69, 9.17) is 11.6 Å². The van der Waals surface area contributed by atoms with Crippen molar-refractivity contribution in [2.45, 2.75) is 23.9 Å². The minimum absolute atomic E-state index is 0.0620. The molecule has 0 aromatic heterocycles. The Morgan fingerprint density at radius 1 is 1.16 bits per heavy atom. The van der Waals surface area contributed by atoms with Crippen LogP contribution in [0.1, 0.15) is 12.0 Å². The number of nitrogens with one attached hydrogen (secondary N) is 1. The Labute approximate surface area is 114 Å². The average Bonchev–Trinajstić information content (AvgIpc) is 2.28. The van der Waals surface area contributed by atoms with Crippen molar-refractivity contribution in [2.24, 2.45) is 0 Å². The zero-order chi connectivity index (χ0) is 14.5. The lowest BCUT2D eigenvalue weighted by molar-refractivity contribution is -0.132. The molecule has 0 bridgehead atoms. The molecular formula is C11H13ClF3NO2S. The highest BCUT2D eigenvalue weighted by Crippen LogP contribution is 2.19. The first-order valence-corrected chi connectivity index (χ1v) is 7.48. The molecule has 0 amide bonds. The summed E-state index contributed by atoms with van der Waals surface area (Å²) >= 11 is 5.54. The van der Waals surface area contributed by atoms with Gasteiger partial charge in [0.15, 0.2) is 0 Å². The molecule has 0 unspecified atom stereocenters. The predicted molar refractivity (Wildman–Crippen MR) is 66.7 cm³/mol. The third kappa shape index (κ3) is 5.80. The van der Waals surface area contributed by atoms with E-state index in [1.165, 1.54) is 12.1 Å². The van der Waals surface area contributed by atoms with E-state index >= 15 is 0 Å². The smallest absolute Gasteiger partial charge is 0.211 e. The Hall–Kier alpha value is -0.790. The maximum atomic E-state index is 11.9. The minimum Gasteiger partial charge on any atom is -0.211 e. The quantitative estimate of drug-likeness (QED) is 0.820. The van der Waals surface area contributed by atoms with E-state index in [9.17, 15) is 21.6 Å². The summed E-state index contributed by atoms with van der Waals surface area (Å²) in [5.74, 6) is 0.413. The Morgan fingerprint density at radius 3 is 2.21 bits per heavy atom. The van der Waals surface area contributed by atoms with Gasteiger partial charge in [0.05, 0.1) is 11.3 Å². The van der Waals surface area contributed by atoms with Gasteiger partial charge in [-0.3, -0.25) is 0 Å². The van der Waals surface area contributed by atoms with Gasteiger partial charge in [0.2, 0.25) is 10.0 Å². The van der Waals surface area contributed by atoms with Crippen molar-refractivity contribution in [1.82, 2.24) is 4.72 Å². The number of halogens is 4. The van der Waals surface area contributed by atoms with Crippen molar-refractivity contribution in [3.05, 3.63) is 29.8 Å². The summed E-state index contributed by atoms with van der Waals surface area (Å²) in [6, 6.07) is 5.86. The first kappa shape index (κ1) is 16.3. The monoisotopic (exact) mass is 315 g/mol. The largest absolute Gasteiger partial charge is 0.390 e. The predicted octanol–water partition coefficient (Wildman–Crippen LogP) is 2.70. The summed E-state index contributed by atoms with van der Waals surface area (Å²) in [4.78, 5) is -0.0620. The van der Waals surface area contributed by atoms with Crippen molar-refractivity contribution in [2.75, 3.05) is 12.4 Å². The van der Waals surface area contributed by atoms with Crippen LogP contribution in [-0.2, 0) is 16.4 Å². The van der Waals surface area contributed by atoms with Crippen LogP contribution in [0.5, 0.6) is 0 Å². The lowest BCUT2D eigenvalue weighted by Crippen LogP contribution is -2.28. The summed E-state index contributed by atoms with van der Waals surface area (Å²) in [6.07, 6.45) is -4.98. The topological polar surface area (TPSA) is 46.2 Å². The highest BCUT2D eigenvalue weighted by atomic mass is 35.5. The van der Waals surface area contributed by atoms with Crippen LogP contribution in [0.2, 0.25) is 0 Å². The number of sulfonamides is 1. The third-order valence-corrected chi connectivity index (χ3v) is 3.98. The summed E-state index contributed by atoms with van der Waals surface area (Å²) in [5.41, 5.74) is 0.865. The van der Waals surface area contributed by atoms with Gasteiger partial charge in [-0.05, 0) is 24.1 Å². The molecule has 1 rings (SSSR count). The second-order valence-electron chi connectivity index (χ2n) is 3.85. The molecule has 3 nitrogen and oxygen atoms in total. The molecule has 8 heteroatoms. The number of benzene rings is 1. The van der Waals surface area contributed by atoms with Crippen LogP contribution in [0.25, 0.3) is 0 Å². The summed E-state index contributed by atoms with van der Waals surface area (Å²) < 4.78 is 61.0. The van der Waals surface area contributed by atoms with E-state index in [1.54, 1.807) is 12.1 Å². The number of hydrogen-bond acceptors (Lipinski definition) is 2. The number of alkyl halides is 4. The number of rotatable bonds is 6. The summed E-state index contributed by atoms with van der Waals surface area (Å²) in [5, 5.41) is 0. The Kier molecular flexibility index (Phi) is 5.64. The lowest BCUT2D eigenvalue weighted by Gasteiger charge is -2.09. The molecule has 0 saturated heterocycles. The molecule has 0 aliphatic carbocycles. The highest BCUT2D eigenvalue weighted by molar-refractivity contribution is 7.89. The van der Waals surface area contributed by atoms with E-state index in [0.717, 1.165) is 5.56 Å². The normalized spacial score (nSPS) is 12.6. The molecule has 0 fully saturated rings. The zero-order valence-corrected chi connectivity index (χ0v) is 11.4. The summed E-state index contributed by atoms with van der Waals surface area (Å²) in [7, 11) is -3.90. The molecule has 1 aromatic rings. The van der Waals surface area contributed by atoms with E-state index in [2.05, 4.69) is 0 Å². The molecule has 0 saturated carbocycles. The van der Waals surface area contributed by atoms with Crippen molar-refractivity contribution in [3.8, 4) is 0 Å². The molecule has 1 N–H and O–H groups in total. The van der Waals surface area contributed by atoms with Gasteiger partial charge in [-0.25, -0.2) is 13.1 Å². The molecular weight excluding hydrogens is 303 g/mol. The first-order chi connectivity index (χ1) is 8.74. The maximum absolute atomic E-state index is 11.9. The van der Waals surface area contributed by atoms with Crippen molar-refractivity contribution in [1.29, 1.82) is 0 Å². The van der Waals surface area contributed by atoms with Crippen LogP contribution in [0.15, 0.2) is 29.2 Å². The van der Waals surface area contributed by atoms with Crippen LogP contribution >= 0.6 is 11.6 Å². The highest BCUT2D eigenvalue weighted by Gasteiger charge is 2.27. The van der Waals surface area contributed by atoms with Crippen LogP contribution in [0.4, 0.5) is 13.2 Å². The van der Waals surface area contributed by atoms with E-state index in [1.807, 2.05) is 4.72 Å². The second-order valence-corrected chi connectivity index (χ2v) is 5.99. The Morgan fingerprint density at radius 2 is 1.74 bits per heavy atom. The lowest BCUT2D eigenvalue weighted by atomic mass is 10.2. The van der Waals surface area contributed by atoms with Gasteiger partial charge in [0, 0.05) is 12.4 Å². The standard InChI is InChI=1S/C11H13ClF3NO2S/c12-7-5-9-1-3-10(4-2-9)19(17,18)16-8-6-11(13,14)15/h1-4,16H,5-8H2. The van der Waals surface area contributed by atoms with Crippen molar-refractivity contribution >= 4 is 21.6 Å². The third-order valence-electron chi connectivity index (χ3n) is 2.32. The fourth-order valence-corrected chi connectivity index (χ4v) is 2.60. The molecule has 0 aliphatic rings. The van der Waals surface area contributed by atoms with Gasteiger partial charge in [-0.15, -0.1) is 11.6 Å². The maximum Gasteiger partial charge on any atom is 0.390 e. The van der Waals surface area contributed by atoms with E-state index < -0.39 is 29.2 Å². The molecule has 0 spiro atoms. The van der Waals surface area contributed by atoms with E-state index in [-0.39, 0.29) is 4.90 Å². The van der Waals surface area contributed by atoms with Crippen LogP contribution in [-0.4, -0.2) is 27.0 Å². The Bertz CT molecular complexity index is 500. The van der Waals surface area contributed by atoms with Gasteiger partial charge in [0.25, 0.3) is 0 Å². The molecule has 1 aromatic carbocycles. The van der Waals surface area contributed by atoms with Gasteiger partial charge in [-0.2, -0.15) is 13.2 Å². The van der Waals surface area contributed by atoms with Crippen LogP contribution in [0, 0.1) is 0 Å².